The first-order valence-corrected chi connectivity index (χ1v) is 8.94. The Morgan fingerprint density at radius 2 is 2.05 bits per heavy atom. The van der Waals surface area contributed by atoms with Gasteiger partial charge >= 0.3 is 0 Å². The Balaban J connectivity index is 1.96. The summed E-state index contributed by atoms with van der Waals surface area (Å²) < 4.78 is 1.54. The van der Waals surface area contributed by atoms with E-state index in [9.17, 15) is 4.79 Å². The number of amides is 1. The Morgan fingerprint density at radius 1 is 1.29 bits per heavy atom. The van der Waals surface area contributed by atoms with Crippen LogP contribution >= 0.6 is 39.9 Å². The predicted octanol–water partition coefficient (Wildman–Crippen LogP) is 3.93. The van der Waals surface area contributed by atoms with Gasteiger partial charge in [-0.05, 0) is 43.5 Å². The van der Waals surface area contributed by atoms with Gasteiger partial charge in [0.25, 0.3) is 5.91 Å². The first-order chi connectivity index (χ1) is 10.1. The molecule has 0 atom stereocenters. The molecule has 1 N–H and O–H groups in total. The van der Waals surface area contributed by atoms with Crippen LogP contribution in [0.5, 0.6) is 0 Å². The highest BCUT2D eigenvalue weighted by Gasteiger charge is 2.23. The van der Waals surface area contributed by atoms with E-state index in [1.165, 1.54) is 36.7 Å². The third-order valence-electron chi connectivity index (χ3n) is 3.61. The number of hydrogen-bond donors (Lipinski definition) is 1. The minimum absolute atomic E-state index is 0.102. The Labute approximate surface area is 142 Å². The van der Waals surface area contributed by atoms with Crippen molar-refractivity contribution in [3.8, 4) is 0 Å². The maximum absolute atomic E-state index is 11.8. The molecule has 2 saturated heterocycles. The van der Waals surface area contributed by atoms with Crippen LogP contribution < -0.4 is 10.2 Å². The number of carbonyl (C=O) groups excluding carboxylic acids is 1. The van der Waals surface area contributed by atoms with Gasteiger partial charge in [0.1, 0.15) is 4.32 Å². The molecule has 1 aromatic rings. The number of piperidine rings is 1. The molecule has 0 unspecified atom stereocenters. The van der Waals surface area contributed by atoms with Crippen LogP contribution in [0.4, 0.5) is 5.69 Å². The molecule has 110 valence electrons. The molecule has 0 spiro atoms. The van der Waals surface area contributed by atoms with E-state index >= 15 is 0 Å². The van der Waals surface area contributed by atoms with Gasteiger partial charge in [0.15, 0.2) is 0 Å². The largest absolute Gasteiger partial charge is 0.371 e. The normalized spacial score (nSPS) is 21.0. The number of anilines is 1. The second-order valence-electron chi connectivity index (χ2n) is 5.10. The Hall–Kier alpha value is -0.850. The number of carbonyl (C=O) groups is 1. The van der Waals surface area contributed by atoms with Crippen molar-refractivity contribution in [2.45, 2.75) is 19.3 Å². The molecule has 0 aromatic heterocycles. The lowest BCUT2D eigenvalue weighted by Crippen LogP contribution is -2.29. The summed E-state index contributed by atoms with van der Waals surface area (Å²) >= 11 is 9.89. The van der Waals surface area contributed by atoms with E-state index < -0.39 is 0 Å². The van der Waals surface area contributed by atoms with Crippen LogP contribution in [-0.2, 0) is 4.79 Å². The van der Waals surface area contributed by atoms with Crippen molar-refractivity contribution in [2.75, 3.05) is 18.0 Å². The number of nitrogens with zero attached hydrogens (tertiary/aromatic N) is 1. The predicted molar refractivity (Wildman–Crippen MR) is 96.5 cm³/mol. The molecule has 0 saturated carbocycles. The molecule has 0 bridgehead atoms. The van der Waals surface area contributed by atoms with Gasteiger partial charge < -0.3 is 10.2 Å². The van der Waals surface area contributed by atoms with Crippen molar-refractivity contribution in [1.82, 2.24) is 5.32 Å². The monoisotopic (exact) mass is 382 g/mol. The Bertz CT molecular complexity index is 624. The van der Waals surface area contributed by atoms with Crippen molar-refractivity contribution < 1.29 is 4.79 Å². The van der Waals surface area contributed by atoms with Gasteiger partial charge in [0, 0.05) is 28.8 Å². The summed E-state index contributed by atoms with van der Waals surface area (Å²) in [6.45, 7) is 2.16. The molecule has 2 heterocycles. The molecule has 1 aromatic carbocycles. The van der Waals surface area contributed by atoms with Crippen LogP contribution in [-0.4, -0.2) is 23.3 Å². The Kier molecular flexibility index (Phi) is 4.66. The number of halogens is 1. The Morgan fingerprint density at radius 3 is 2.71 bits per heavy atom. The van der Waals surface area contributed by atoms with Crippen molar-refractivity contribution >= 4 is 61.9 Å². The molecule has 2 fully saturated rings. The molecule has 0 aliphatic carbocycles. The fourth-order valence-corrected chi connectivity index (χ4v) is 4.04. The highest BCUT2D eigenvalue weighted by Crippen LogP contribution is 2.32. The quantitative estimate of drug-likeness (QED) is 0.620. The lowest BCUT2D eigenvalue weighted by Gasteiger charge is -2.30. The van der Waals surface area contributed by atoms with E-state index in [1.54, 1.807) is 0 Å². The number of nitrogens with one attached hydrogen (secondary N) is 1. The van der Waals surface area contributed by atoms with Crippen LogP contribution in [0.3, 0.4) is 0 Å². The summed E-state index contributed by atoms with van der Waals surface area (Å²) in [6, 6.07) is 6.24. The second-order valence-corrected chi connectivity index (χ2v) is 7.74. The molecule has 0 radical (unpaired) electrons. The average Bonchev–Trinajstić information content (AvgIpc) is 2.78. The number of rotatable bonds is 2. The molecule has 2 aliphatic heterocycles. The number of hydrogen-bond acceptors (Lipinski definition) is 4. The zero-order valence-electron chi connectivity index (χ0n) is 11.4. The molecule has 6 heteroatoms. The lowest BCUT2D eigenvalue weighted by atomic mass is 10.1. The topological polar surface area (TPSA) is 32.3 Å². The molecule has 21 heavy (non-hydrogen) atoms. The summed E-state index contributed by atoms with van der Waals surface area (Å²) in [6.07, 6.45) is 5.70. The molecule has 3 nitrogen and oxygen atoms in total. The highest BCUT2D eigenvalue weighted by atomic mass is 79.9. The number of thioether (sulfide) groups is 1. The lowest BCUT2D eigenvalue weighted by molar-refractivity contribution is -0.115. The van der Waals surface area contributed by atoms with Gasteiger partial charge in [-0.15, -0.1) is 0 Å². The number of benzene rings is 1. The molecule has 3 rings (SSSR count). The van der Waals surface area contributed by atoms with E-state index in [1.807, 2.05) is 6.08 Å². The first-order valence-electron chi connectivity index (χ1n) is 6.93. The average molecular weight is 383 g/mol. The standard InChI is InChI=1S/C15H15BrN2OS2/c16-11-4-5-12(18-6-2-1-3-7-18)10(8-11)9-13-14(19)17-15(20)21-13/h4-5,8-9H,1-3,6-7H2,(H,17,19,20)/b13-9+. The maximum Gasteiger partial charge on any atom is 0.263 e. The molecule has 1 amide bonds. The summed E-state index contributed by atoms with van der Waals surface area (Å²) in [5.41, 5.74) is 2.25. The SMILES string of the molecule is O=C1NC(=S)S/C1=C/c1cc(Br)ccc1N1CCCCC1. The second kappa shape index (κ2) is 6.50. The van der Waals surface area contributed by atoms with Crippen LogP contribution in [0.2, 0.25) is 0 Å². The van der Waals surface area contributed by atoms with E-state index in [2.05, 4.69) is 44.3 Å². The van der Waals surface area contributed by atoms with E-state index in [0.717, 1.165) is 23.1 Å². The zero-order valence-corrected chi connectivity index (χ0v) is 14.6. The van der Waals surface area contributed by atoms with Crippen LogP contribution in [0.15, 0.2) is 27.6 Å². The number of thiocarbonyl (C=S) groups is 1. The van der Waals surface area contributed by atoms with Crippen molar-refractivity contribution in [1.29, 1.82) is 0 Å². The fourth-order valence-electron chi connectivity index (χ4n) is 2.63. The third-order valence-corrected chi connectivity index (χ3v) is 5.27. The fraction of sp³-hybridized carbons (Fsp3) is 0.333. The highest BCUT2D eigenvalue weighted by molar-refractivity contribution is 9.10. The molecule has 2 aliphatic rings. The molecular formula is C15H15BrN2OS2. The van der Waals surface area contributed by atoms with Gasteiger partial charge in [-0.1, -0.05) is 39.9 Å². The molecular weight excluding hydrogens is 368 g/mol. The smallest absolute Gasteiger partial charge is 0.263 e. The minimum Gasteiger partial charge on any atom is -0.371 e. The van der Waals surface area contributed by atoms with Gasteiger partial charge in [-0.3, -0.25) is 4.79 Å². The van der Waals surface area contributed by atoms with Crippen molar-refractivity contribution in [3.63, 3.8) is 0 Å². The van der Waals surface area contributed by atoms with Gasteiger partial charge in [0.05, 0.1) is 4.91 Å². The van der Waals surface area contributed by atoms with E-state index in [0.29, 0.717) is 9.23 Å². The van der Waals surface area contributed by atoms with Gasteiger partial charge in [-0.2, -0.15) is 0 Å². The minimum atomic E-state index is -0.102. The van der Waals surface area contributed by atoms with Crippen LogP contribution in [0, 0.1) is 0 Å². The van der Waals surface area contributed by atoms with Gasteiger partial charge in [-0.25, -0.2) is 0 Å². The summed E-state index contributed by atoms with van der Waals surface area (Å²) in [4.78, 5) is 14.9. The van der Waals surface area contributed by atoms with Crippen molar-refractivity contribution in [3.05, 3.63) is 33.1 Å². The summed E-state index contributed by atoms with van der Waals surface area (Å²) in [5.74, 6) is -0.102. The van der Waals surface area contributed by atoms with E-state index in [-0.39, 0.29) is 5.91 Å². The maximum atomic E-state index is 11.8. The van der Waals surface area contributed by atoms with Crippen molar-refractivity contribution in [2.24, 2.45) is 0 Å². The zero-order chi connectivity index (χ0) is 14.8. The first kappa shape index (κ1) is 15.1. The third kappa shape index (κ3) is 3.49. The van der Waals surface area contributed by atoms with E-state index in [4.69, 9.17) is 12.2 Å². The van der Waals surface area contributed by atoms with Crippen LogP contribution in [0.25, 0.3) is 6.08 Å². The summed E-state index contributed by atoms with van der Waals surface area (Å²) in [5, 5.41) is 2.66. The summed E-state index contributed by atoms with van der Waals surface area (Å²) in [7, 11) is 0. The van der Waals surface area contributed by atoms with Crippen LogP contribution in [0.1, 0.15) is 24.8 Å². The van der Waals surface area contributed by atoms with Gasteiger partial charge in [0.2, 0.25) is 0 Å².